The predicted octanol–water partition coefficient (Wildman–Crippen LogP) is 2.82. The molecule has 0 saturated heterocycles. The molecule has 1 aliphatic rings. The molecule has 1 aromatic rings. The van der Waals surface area contributed by atoms with E-state index in [1.165, 1.54) is 19.3 Å². The number of nitrogens with one attached hydrogen (secondary N) is 1. The normalized spacial score (nSPS) is 17.4. The van der Waals surface area contributed by atoms with Gasteiger partial charge in [0.1, 0.15) is 5.92 Å². The quantitative estimate of drug-likeness (QED) is 0.900. The molecule has 1 N–H and O–H groups in total. The Morgan fingerprint density at radius 1 is 1.26 bits per heavy atom. The summed E-state index contributed by atoms with van der Waals surface area (Å²) in [5.41, 5.74) is 1.04. The maximum Gasteiger partial charge on any atom is 0.237 e. The van der Waals surface area contributed by atoms with Crippen molar-refractivity contribution in [1.82, 2.24) is 5.32 Å². The predicted molar refractivity (Wildman–Crippen MR) is 74.3 cm³/mol. The van der Waals surface area contributed by atoms with Gasteiger partial charge in [0.05, 0.1) is 6.07 Å². The van der Waals surface area contributed by atoms with Crippen molar-refractivity contribution < 1.29 is 4.79 Å². The van der Waals surface area contributed by atoms with Gasteiger partial charge in [0.25, 0.3) is 0 Å². The van der Waals surface area contributed by atoms with Crippen LogP contribution in [0.25, 0.3) is 0 Å². The first-order chi connectivity index (χ1) is 9.29. The first-order valence-electron chi connectivity index (χ1n) is 7.03. The lowest BCUT2D eigenvalue weighted by atomic mass is 9.94. The largest absolute Gasteiger partial charge is 0.352 e. The molecule has 1 unspecified atom stereocenters. The van der Waals surface area contributed by atoms with Crippen LogP contribution in [0.1, 0.15) is 37.7 Å². The molecule has 0 radical (unpaired) electrons. The molecule has 1 aliphatic carbocycles. The number of benzene rings is 1. The highest BCUT2D eigenvalue weighted by atomic mass is 16.1. The molecule has 0 spiro atoms. The molecule has 3 heteroatoms. The van der Waals surface area contributed by atoms with Crippen LogP contribution in [0.3, 0.4) is 0 Å². The van der Waals surface area contributed by atoms with Crippen molar-refractivity contribution in [2.75, 3.05) is 0 Å². The monoisotopic (exact) mass is 256 g/mol. The van der Waals surface area contributed by atoms with Crippen LogP contribution < -0.4 is 5.32 Å². The van der Waals surface area contributed by atoms with E-state index in [1.54, 1.807) is 0 Å². The summed E-state index contributed by atoms with van der Waals surface area (Å²) in [5.74, 6) is -0.692. The smallest absolute Gasteiger partial charge is 0.237 e. The number of nitriles is 1. The molecule has 0 aliphatic heterocycles. The summed E-state index contributed by atoms with van der Waals surface area (Å²) in [7, 11) is 0. The van der Waals surface area contributed by atoms with Crippen LogP contribution in [-0.2, 0) is 11.2 Å². The molecular formula is C16H20N2O. The third kappa shape index (κ3) is 4.10. The van der Waals surface area contributed by atoms with Gasteiger partial charge < -0.3 is 5.32 Å². The SMILES string of the molecule is N#CC(Cc1ccccc1)C(=O)NC1CCCCC1. The molecule has 0 heterocycles. The second kappa shape index (κ2) is 6.94. The van der Waals surface area contributed by atoms with E-state index in [4.69, 9.17) is 0 Å². The molecule has 3 nitrogen and oxygen atoms in total. The zero-order valence-electron chi connectivity index (χ0n) is 11.1. The van der Waals surface area contributed by atoms with Crippen LogP contribution in [0.5, 0.6) is 0 Å². The first kappa shape index (κ1) is 13.6. The van der Waals surface area contributed by atoms with E-state index in [0.29, 0.717) is 6.42 Å². The van der Waals surface area contributed by atoms with Crippen LogP contribution >= 0.6 is 0 Å². The van der Waals surface area contributed by atoms with Gasteiger partial charge in [-0.2, -0.15) is 5.26 Å². The van der Waals surface area contributed by atoms with Gasteiger partial charge in [0.2, 0.25) is 5.91 Å². The van der Waals surface area contributed by atoms with E-state index < -0.39 is 5.92 Å². The molecule has 1 atom stereocenters. The Labute approximate surface area is 114 Å². The minimum absolute atomic E-state index is 0.113. The number of hydrogen-bond acceptors (Lipinski definition) is 2. The van der Waals surface area contributed by atoms with E-state index in [2.05, 4.69) is 11.4 Å². The highest BCUT2D eigenvalue weighted by Crippen LogP contribution is 2.18. The van der Waals surface area contributed by atoms with E-state index >= 15 is 0 Å². The molecule has 19 heavy (non-hydrogen) atoms. The Kier molecular flexibility index (Phi) is 4.97. The van der Waals surface area contributed by atoms with Gasteiger partial charge in [0, 0.05) is 6.04 Å². The first-order valence-corrected chi connectivity index (χ1v) is 7.03. The van der Waals surface area contributed by atoms with Crippen LogP contribution in [0.4, 0.5) is 0 Å². The van der Waals surface area contributed by atoms with Crippen LogP contribution in [0.2, 0.25) is 0 Å². The van der Waals surface area contributed by atoms with Gasteiger partial charge in [-0.15, -0.1) is 0 Å². The minimum Gasteiger partial charge on any atom is -0.352 e. The Morgan fingerprint density at radius 2 is 1.95 bits per heavy atom. The van der Waals surface area contributed by atoms with Gasteiger partial charge in [-0.3, -0.25) is 4.79 Å². The molecule has 100 valence electrons. The fourth-order valence-corrected chi connectivity index (χ4v) is 2.60. The van der Waals surface area contributed by atoms with Crippen molar-refractivity contribution >= 4 is 5.91 Å². The number of carbonyl (C=O) groups excluding carboxylic acids is 1. The Bertz CT molecular complexity index is 444. The van der Waals surface area contributed by atoms with Crippen molar-refractivity contribution in [2.24, 2.45) is 5.92 Å². The lowest BCUT2D eigenvalue weighted by Crippen LogP contribution is -2.40. The molecule has 1 fully saturated rings. The average molecular weight is 256 g/mol. The lowest BCUT2D eigenvalue weighted by molar-refractivity contribution is -0.124. The molecule has 1 saturated carbocycles. The van der Waals surface area contributed by atoms with Crippen molar-refractivity contribution in [3.63, 3.8) is 0 Å². The zero-order valence-corrected chi connectivity index (χ0v) is 11.1. The third-order valence-electron chi connectivity index (χ3n) is 3.71. The zero-order chi connectivity index (χ0) is 13.5. The van der Waals surface area contributed by atoms with Crippen molar-refractivity contribution in [3.05, 3.63) is 35.9 Å². The average Bonchev–Trinajstić information content (AvgIpc) is 2.47. The molecule has 1 aromatic carbocycles. The van der Waals surface area contributed by atoms with Crippen molar-refractivity contribution in [3.8, 4) is 6.07 Å². The summed E-state index contributed by atoms with van der Waals surface area (Å²) in [4.78, 5) is 12.1. The number of carbonyl (C=O) groups is 1. The van der Waals surface area contributed by atoms with Crippen molar-refractivity contribution in [1.29, 1.82) is 5.26 Å². The minimum atomic E-state index is -0.579. The number of nitrogens with zero attached hydrogens (tertiary/aromatic N) is 1. The summed E-state index contributed by atoms with van der Waals surface area (Å²) >= 11 is 0. The highest BCUT2D eigenvalue weighted by molar-refractivity contribution is 5.81. The Balaban J connectivity index is 1.90. The topological polar surface area (TPSA) is 52.9 Å². The summed E-state index contributed by atoms with van der Waals surface area (Å²) in [6.07, 6.45) is 6.22. The van der Waals surface area contributed by atoms with Crippen LogP contribution in [-0.4, -0.2) is 11.9 Å². The molecule has 2 rings (SSSR count). The standard InChI is InChI=1S/C16H20N2O/c17-12-14(11-13-7-3-1-4-8-13)16(19)18-15-9-5-2-6-10-15/h1,3-4,7-8,14-15H,2,5-6,9-11H2,(H,18,19). The fraction of sp³-hybridized carbons (Fsp3) is 0.500. The Morgan fingerprint density at radius 3 is 2.58 bits per heavy atom. The van der Waals surface area contributed by atoms with E-state index in [-0.39, 0.29) is 11.9 Å². The second-order valence-electron chi connectivity index (χ2n) is 5.21. The van der Waals surface area contributed by atoms with Gasteiger partial charge in [-0.1, -0.05) is 49.6 Å². The van der Waals surface area contributed by atoms with Crippen molar-refractivity contribution in [2.45, 2.75) is 44.6 Å². The number of hydrogen-bond donors (Lipinski definition) is 1. The summed E-state index contributed by atoms with van der Waals surface area (Å²) < 4.78 is 0. The van der Waals surface area contributed by atoms with Gasteiger partial charge in [-0.25, -0.2) is 0 Å². The van der Waals surface area contributed by atoms with E-state index in [9.17, 15) is 10.1 Å². The second-order valence-corrected chi connectivity index (χ2v) is 5.21. The van der Waals surface area contributed by atoms with Gasteiger partial charge >= 0.3 is 0 Å². The Hall–Kier alpha value is -1.82. The fourth-order valence-electron chi connectivity index (χ4n) is 2.60. The maximum absolute atomic E-state index is 12.1. The molecular weight excluding hydrogens is 236 g/mol. The lowest BCUT2D eigenvalue weighted by Gasteiger charge is -2.23. The van der Waals surface area contributed by atoms with Crippen LogP contribution in [0, 0.1) is 17.2 Å². The van der Waals surface area contributed by atoms with Crippen LogP contribution in [0.15, 0.2) is 30.3 Å². The summed E-state index contributed by atoms with van der Waals surface area (Å²) in [6.45, 7) is 0. The van der Waals surface area contributed by atoms with E-state index in [1.807, 2.05) is 30.3 Å². The van der Waals surface area contributed by atoms with Gasteiger partial charge in [0.15, 0.2) is 0 Å². The highest BCUT2D eigenvalue weighted by Gasteiger charge is 2.22. The van der Waals surface area contributed by atoms with Gasteiger partial charge in [-0.05, 0) is 24.8 Å². The molecule has 1 amide bonds. The number of rotatable bonds is 4. The number of amides is 1. The molecule has 0 bridgehead atoms. The molecule has 0 aromatic heterocycles. The summed E-state index contributed by atoms with van der Waals surface area (Å²) in [5, 5.41) is 12.2. The third-order valence-corrected chi connectivity index (χ3v) is 3.71. The van der Waals surface area contributed by atoms with E-state index in [0.717, 1.165) is 18.4 Å². The summed E-state index contributed by atoms with van der Waals surface area (Å²) in [6, 6.07) is 12.1. The maximum atomic E-state index is 12.1.